The predicted octanol–water partition coefficient (Wildman–Crippen LogP) is 1.08. The van der Waals surface area contributed by atoms with E-state index >= 15 is 0 Å². The van der Waals surface area contributed by atoms with Crippen molar-refractivity contribution in [2.75, 3.05) is 0 Å². The minimum atomic E-state index is -0.231. The summed E-state index contributed by atoms with van der Waals surface area (Å²) < 4.78 is 0. The van der Waals surface area contributed by atoms with Gasteiger partial charge in [0.25, 0.3) is 0 Å². The van der Waals surface area contributed by atoms with Gasteiger partial charge in [0.05, 0.1) is 0 Å². The minimum Gasteiger partial charge on any atom is -0.384 e. The average molecular weight is 106 g/mol. The molecule has 0 fully saturated rings. The summed E-state index contributed by atoms with van der Waals surface area (Å²) in [6, 6.07) is 7.77. The number of aliphatic hydroxyl groups is 1. The molecule has 0 unspecified atom stereocenters. The summed E-state index contributed by atoms with van der Waals surface area (Å²) in [5.74, 6) is 0. The zero-order valence-electron chi connectivity index (χ0n) is 4.33. The normalized spacial score (nSPS) is 15.6. The molecule has 8 heavy (non-hydrogen) atoms. The van der Waals surface area contributed by atoms with Crippen molar-refractivity contribution in [3.63, 3.8) is 0 Å². The summed E-state index contributed by atoms with van der Waals surface area (Å²) in [6.45, 7) is 0. The second-order valence-electron chi connectivity index (χ2n) is 2.03. The van der Waals surface area contributed by atoms with Gasteiger partial charge >= 0.3 is 0 Å². The number of benzene rings is 1. The molecule has 2 rings (SSSR count). The van der Waals surface area contributed by atoms with E-state index in [2.05, 4.69) is 0 Å². The van der Waals surface area contributed by atoms with Crippen molar-refractivity contribution >= 4 is 0 Å². The van der Waals surface area contributed by atoms with Crippen molar-refractivity contribution in [1.82, 2.24) is 0 Å². The maximum absolute atomic E-state index is 8.95. The topological polar surface area (TPSA) is 20.2 Å². The average Bonchev–Trinajstić information content (AvgIpc) is 2.46. The van der Waals surface area contributed by atoms with Crippen molar-refractivity contribution in [1.29, 1.82) is 0 Å². The monoisotopic (exact) mass is 106 g/mol. The van der Waals surface area contributed by atoms with Crippen LogP contribution in [0.1, 0.15) is 17.2 Å². The summed E-state index contributed by atoms with van der Waals surface area (Å²) in [7, 11) is 0. The summed E-state index contributed by atoms with van der Waals surface area (Å²) in [6.07, 6.45) is -0.231. The molecule has 0 aliphatic heterocycles. The third kappa shape index (κ3) is 0.346. The Hall–Kier alpha value is -0.820. The van der Waals surface area contributed by atoms with Crippen molar-refractivity contribution in [3.8, 4) is 0 Å². The van der Waals surface area contributed by atoms with Gasteiger partial charge in [0.2, 0.25) is 0 Å². The Morgan fingerprint density at radius 3 is 2.00 bits per heavy atom. The van der Waals surface area contributed by atoms with Crippen LogP contribution in [-0.2, 0) is 0 Å². The zero-order valence-corrected chi connectivity index (χ0v) is 4.33. The SMILES string of the molecule is OC1c2ccccc21. The molecule has 40 valence electrons. The van der Waals surface area contributed by atoms with E-state index in [1.54, 1.807) is 0 Å². The predicted molar refractivity (Wildman–Crippen MR) is 30.5 cm³/mol. The van der Waals surface area contributed by atoms with Gasteiger partial charge in [-0.3, -0.25) is 0 Å². The number of aliphatic hydroxyl groups excluding tert-OH is 1. The lowest BCUT2D eigenvalue weighted by molar-refractivity contribution is 0.267. The van der Waals surface area contributed by atoms with E-state index in [1.165, 1.54) is 0 Å². The standard InChI is InChI=1S/C7H6O/c8-7-5-3-1-2-4-6(5)7/h1-4,7-8H. The molecular weight excluding hydrogens is 100 g/mol. The number of rotatable bonds is 0. The lowest BCUT2D eigenvalue weighted by Gasteiger charge is -1.67. The summed E-state index contributed by atoms with van der Waals surface area (Å²) in [5.41, 5.74) is 2.18. The molecule has 1 N–H and O–H groups in total. The van der Waals surface area contributed by atoms with Gasteiger partial charge in [-0.25, -0.2) is 0 Å². The fraction of sp³-hybridized carbons (Fsp3) is 0.143. The maximum atomic E-state index is 8.95. The van der Waals surface area contributed by atoms with Crippen LogP contribution in [0.15, 0.2) is 24.3 Å². The molecule has 1 aromatic carbocycles. The molecule has 0 spiro atoms. The summed E-state index contributed by atoms with van der Waals surface area (Å²) in [5, 5.41) is 8.95. The highest BCUT2D eigenvalue weighted by atomic mass is 16.3. The minimum absolute atomic E-state index is 0.231. The molecular formula is C7H6O. The lowest BCUT2D eigenvalue weighted by Crippen LogP contribution is -1.60. The fourth-order valence-electron chi connectivity index (χ4n) is 0.936. The van der Waals surface area contributed by atoms with Crippen LogP contribution in [-0.4, -0.2) is 5.11 Å². The van der Waals surface area contributed by atoms with Gasteiger partial charge in [0.1, 0.15) is 6.10 Å². The first-order chi connectivity index (χ1) is 3.89. The smallest absolute Gasteiger partial charge is 0.105 e. The van der Waals surface area contributed by atoms with Crippen LogP contribution in [0.3, 0.4) is 0 Å². The second-order valence-corrected chi connectivity index (χ2v) is 2.03. The highest BCUT2D eigenvalue weighted by Gasteiger charge is 2.28. The Morgan fingerprint density at radius 1 is 1.12 bits per heavy atom. The molecule has 0 radical (unpaired) electrons. The highest BCUT2D eigenvalue weighted by Crippen LogP contribution is 2.39. The molecule has 0 amide bonds. The van der Waals surface area contributed by atoms with Crippen molar-refractivity contribution < 1.29 is 5.11 Å². The molecule has 0 saturated heterocycles. The quantitative estimate of drug-likeness (QED) is 0.524. The third-order valence-electron chi connectivity index (χ3n) is 1.50. The number of hydrogen-bond acceptors (Lipinski definition) is 1. The van der Waals surface area contributed by atoms with Gasteiger partial charge in [-0.15, -0.1) is 0 Å². The molecule has 0 aromatic heterocycles. The molecule has 1 aromatic rings. The van der Waals surface area contributed by atoms with Crippen LogP contribution in [0, 0.1) is 0 Å². The molecule has 0 atom stereocenters. The van der Waals surface area contributed by atoms with Gasteiger partial charge in [-0.05, 0) is 11.1 Å². The van der Waals surface area contributed by atoms with E-state index in [1.807, 2.05) is 24.3 Å². The Labute approximate surface area is 47.6 Å². The fourth-order valence-corrected chi connectivity index (χ4v) is 0.936. The van der Waals surface area contributed by atoms with Crippen molar-refractivity contribution in [2.24, 2.45) is 0 Å². The molecule has 1 aliphatic carbocycles. The van der Waals surface area contributed by atoms with Crippen LogP contribution in [0.2, 0.25) is 0 Å². The van der Waals surface area contributed by atoms with E-state index in [0.29, 0.717) is 0 Å². The molecule has 0 saturated carbocycles. The van der Waals surface area contributed by atoms with Gasteiger partial charge in [0, 0.05) is 0 Å². The van der Waals surface area contributed by atoms with Crippen LogP contribution >= 0.6 is 0 Å². The summed E-state index contributed by atoms with van der Waals surface area (Å²) >= 11 is 0. The van der Waals surface area contributed by atoms with Crippen LogP contribution in [0.25, 0.3) is 0 Å². The van der Waals surface area contributed by atoms with Gasteiger partial charge in [-0.1, -0.05) is 24.3 Å². The first-order valence-electron chi connectivity index (χ1n) is 2.66. The van der Waals surface area contributed by atoms with Crippen LogP contribution in [0.4, 0.5) is 0 Å². The van der Waals surface area contributed by atoms with Crippen molar-refractivity contribution in [3.05, 3.63) is 35.4 Å². The number of fused-ring (bicyclic) bond motifs is 1. The molecule has 1 nitrogen and oxygen atoms in total. The highest BCUT2D eigenvalue weighted by molar-refractivity contribution is 5.48. The van der Waals surface area contributed by atoms with Gasteiger partial charge in [-0.2, -0.15) is 0 Å². The van der Waals surface area contributed by atoms with Gasteiger partial charge in [0.15, 0.2) is 0 Å². The van der Waals surface area contributed by atoms with E-state index in [4.69, 9.17) is 5.11 Å². The van der Waals surface area contributed by atoms with E-state index in [9.17, 15) is 0 Å². The second kappa shape index (κ2) is 1.12. The summed E-state index contributed by atoms with van der Waals surface area (Å²) in [4.78, 5) is 0. The molecule has 0 heterocycles. The van der Waals surface area contributed by atoms with E-state index in [0.717, 1.165) is 11.1 Å². The molecule has 1 heteroatoms. The Balaban J connectivity index is 2.58. The first kappa shape index (κ1) is 4.10. The Bertz CT molecular complexity index is 194. The van der Waals surface area contributed by atoms with Crippen molar-refractivity contribution in [2.45, 2.75) is 6.10 Å². The Kier molecular flexibility index (Phi) is 0.573. The van der Waals surface area contributed by atoms with E-state index < -0.39 is 0 Å². The molecule has 1 aliphatic rings. The third-order valence-corrected chi connectivity index (χ3v) is 1.50. The number of hydrogen-bond donors (Lipinski definition) is 1. The van der Waals surface area contributed by atoms with Gasteiger partial charge < -0.3 is 5.11 Å². The lowest BCUT2D eigenvalue weighted by atomic mass is 10.4. The Morgan fingerprint density at radius 2 is 1.62 bits per heavy atom. The van der Waals surface area contributed by atoms with Crippen LogP contribution < -0.4 is 0 Å². The largest absolute Gasteiger partial charge is 0.384 e. The maximum Gasteiger partial charge on any atom is 0.105 e. The first-order valence-corrected chi connectivity index (χ1v) is 2.66. The molecule has 0 bridgehead atoms. The zero-order chi connectivity index (χ0) is 5.56. The van der Waals surface area contributed by atoms with E-state index in [-0.39, 0.29) is 6.10 Å². The van der Waals surface area contributed by atoms with Crippen LogP contribution in [0.5, 0.6) is 0 Å².